The third-order valence-corrected chi connectivity index (χ3v) is 4.86. The molecule has 0 aliphatic heterocycles. The van der Waals surface area contributed by atoms with Crippen LogP contribution in [0.2, 0.25) is 0 Å². The van der Waals surface area contributed by atoms with E-state index < -0.39 is 0 Å². The molecule has 100 valence electrons. The first-order chi connectivity index (χ1) is 9.33. The fraction of sp³-hybridized carbons (Fsp3) is 0.467. The number of nitrogens with one attached hydrogen (secondary N) is 1. The molecule has 0 radical (unpaired) electrons. The van der Waals surface area contributed by atoms with Crippen LogP contribution in [0.5, 0.6) is 0 Å². The minimum absolute atomic E-state index is 0.347. The summed E-state index contributed by atoms with van der Waals surface area (Å²) in [7, 11) is 0. The number of carbonyl (C=O) groups is 1. The van der Waals surface area contributed by atoms with Crippen molar-refractivity contribution in [3.05, 3.63) is 39.6 Å². The summed E-state index contributed by atoms with van der Waals surface area (Å²) < 4.78 is 0. The molecule has 0 fully saturated rings. The predicted octanol–water partition coefficient (Wildman–Crippen LogP) is 3.56. The lowest BCUT2D eigenvalue weighted by molar-refractivity contribution is 0.0973. The van der Waals surface area contributed by atoms with Gasteiger partial charge in [-0.05, 0) is 38.2 Å². The summed E-state index contributed by atoms with van der Waals surface area (Å²) in [5, 5.41) is 0. The molecule has 1 aliphatic rings. The Labute approximate surface area is 117 Å². The molecule has 4 heteroatoms. The average molecular weight is 274 g/mol. The second-order valence-corrected chi connectivity index (χ2v) is 6.29. The maximum Gasteiger partial charge on any atom is 0.164 e. The quantitative estimate of drug-likeness (QED) is 0.847. The van der Waals surface area contributed by atoms with E-state index in [4.69, 9.17) is 0 Å². The second-order valence-electron chi connectivity index (χ2n) is 5.07. The highest BCUT2D eigenvalue weighted by molar-refractivity contribution is 7.12. The molecule has 1 N–H and O–H groups in total. The van der Waals surface area contributed by atoms with Crippen molar-refractivity contribution in [3.8, 4) is 0 Å². The smallest absolute Gasteiger partial charge is 0.164 e. The molecule has 0 spiro atoms. The van der Waals surface area contributed by atoms with E-state index in [1.54, 1.807) is 6.20 Å². The summed E-state index contributed by atoms with van der Waals surface area (Å²) in [4.78, 5) is 21.8. The van der Waals surface area contributed by atoms with E-state index in [1.807, 2.05) is 17.5 Å². The Morgan fingerprint density at radius 3 is 2.95 bits per heavy atom. The molecule has 3 rings (SSSR count). The number of Topliss-reactive ketones (excluding diaryl/α,β-unsaturated/α-hetero) is 1. The zero-order valence-corrected chi connectivity index (χ0v) is 11.8. The number of aromatic amines is 1. The highest BCUT2D eigenvalue weighted by atomic mass is 32.1. The third-order valence-electron chi connectivity index (χ3n) is 3.61. The van der Waals surface area contributed by atoms with Gasteiger partial charge in [0.25, 0.3) is 0 Å². The van der Waals surface area contributed by atoms with Crippen LogP contribution < -0.4 is 0 Å². The van der Waals surface area contributed by atoms with Crippen molar-refractivity contribution in [2.75, 3.05) is 0 Å². The standard InChI is InChI=1S/C15H18N2OS/c18-13-5-3-6-14-12(13)10-11(19-14)4-1-2-7-15-16-8-9-17-15/h8-10H,1-7H2,(H,16,17). The number of thiophene rings is 1. The summed E-state index contributed by atoms with van der Waals surface area (Å²) >= 11 is 1.84. The molecular weight excluding hydrogens is 256 g/mol. The van der Waals surface area contributed by atoms with Crippen LogP contribution >= 0.6 is 11.3 Å². The highest BCUT2D eigenvalue weighted by Crippen LogP contribution is 2.30. The van der Waals surface area contributed by atoms with Crippen molar-refractivity contribution in [1.29, 1.82) is 0 Å². The molecule has 2 heterocycles. The lowest BCUT2D eigenvalue weighted by Gasteiger charge is -2.07. The van der Waals surface area contributed by atoms with Crippen molar-refractivity contribution in [3.63, 3.8) is 0 Å². The van der Waals surface area contributed by atoms with Gasteiger partial charge in [-0.2, -0.15) is 0 Å². The lowest BCUT2D eigenvalue weighted by atomic mass is 9.97. The topological polar surface area (TPSA) is 45.8 Å². The van der Waals surface area contributed by atoms with Gasteiger partial charge in [0.1, 0.15) is 5.82 Å². The van der Waals surface area contributed by atoms with Gasteiger partial charge < -0.3 is 4.98 Å². The van der Waals surface area contributed by atoms with Crippen molar-refractivity contribution >= 4 is 17.1 Å². The molecule has 0 atom stereocenters. The Morgan fingerprint density at radius 2 is 2.16 bits per heavy atom. The fourth-order valence-electron chi connectivity index (χ4n) is 2.60. The number of H-pyrrole nitrogens is 1. The number of rotatable bonds is 5. The van der Waals surface area contributed by atoms with Crippen LogP contribution in [0.15, 0.2) is 18.5 Å². The van der Waals surface area contributed by atoms with Crippen molar-refractivity contribution in [1.82, 2.24) is 9.97 Å². The largest absolute Gasteiger partial charge is 0.349 e. The Hall–Kier alpha value is -1.42. The Morgan fingerprint density at radius 1 is 1.26 bits per heavy atom. The number of hydrogen-bond donors (Lipinski definition) is 1. The normalized spacial score (nSPS) is 14.6. The number of aryl methyl sites for hydroxylation is 3. The molecule has 2 aromatic rings. The minimum atomic E-state index is 0.347. The molecular formula is C15H18N2OS. The van der Waals surface area contributed by atoms with Gasteiger partial charge in [0.2, 0.25) is 0 Å². The molecule has 0 saturated carbocycles. The van der Waals surface area contributed by atoms with E-state index in [0.717, 1.165) is 56.3 Å². The van der Waals surface area contributed by atoms with Crippen LogP contribution in [0.1, 0.15) is 51.6 Å². The Kier molecular flexibility index (Phi) is 3.78. The van der Waals surface area contributed by atoms with Gasteiger partial charge in [0.05, 0.1) is 0 Å². The first-order valence-electron chi connectivity index (χ1n) is 6.96. The van der Waals surface area contributed by atoms with Crippen LogP contribution in [0.4, 0.5) is 0 Å². The molecule has 3 nitrogen and oxygen atoms in total. The molecule has 0 bridgehead atoms. The Bertz CT molecular complexity index is 557. The molecule has 1 aliphatic carbocycles. The lowest BCUT2D eigenvalue weighted by Crippen LogP contribution is -2.06. The maximum atomic E-state index is 11.8. The molecule has 0 unspecified atom stereocenters. The monoisotopic (exact) mass is 274 g/mol. The Balaban J connectivity index is 1.52. The van der Waals surface area contributed by atoms with Gasteiger partial charge in [-0.15, -0.1) is 11.3 Å². The number of hydrogen-bond acceptors (Lipinski definition) is 3. The van der Waals surface area contributed by atoms with Gasteiger partial charge in [0, 0.05) is 40.6 Å². The van der Waals surface area contributed by atoms with E-state index in [1.165, 1.54) is 9.75 Å². The van der Waals surface area contributed by atoms with Gasteiger partial charge in [0.15, 0.2) is 5.78 Å². The van der Waals surface area contributed by atoms with Crippen LogP contribution in [-0.2, 0) is 19.3 Å². The molecule has 2 aromatic heterocycles. The fourth-order valence-corrected chi connectivity index (χ4v) is 3.87. The van der Waals surface area contributed by atoms with E-state index >= 15 is 0 Å². The van der Waals surface area contributed by atoms with Crippen LogP contribution in [0, 0.1) is 0 Å². The minimum Gasteiger partial charge on any atom is -0.349 e. The molecule has 0 aromatic carbocycles. The van der Waals surface area contributed by atoms with Gasteiger partial charge in [-0.3, -0.25) is 4.79 Å². The summed E-state index contributed by atoms with van der Waals surface area (Å²) in [5.74, 6) is 1.42. The average Bonchev–Trinajstić information content (AvgIpc) is 3.04. The van der Waals surface area contributed by atoms with Gasteiger partial charge in [-0.1, -0.05) is 0 Å². The summed E-state index contributed by atoms with van der Waals surface area (Å²) in [6, 6.07) is 2.13. The summed E-state index contributed by atoms with van der Waals surface area (Å²) in [6.07, 6.45) is 10.9. The molecule has 0 saturated heterocycles. The van der Waals surface area contributed by atoms with Crippen LogP contribution in [-0.4, -0.2) is 15.8 Å². The number of aromatic nitrogens is 2. The maximum absolute atomic E-state index is 11.8. The first kappa shape index (κ1) is 12.6. The third kappa shape index (κ3) is 2.95. The van der Waals surface area contributed by atoms with Crippen LogP contribution in [0.25, 0.3) is 0 Å². The second kappa shape index (κ2) is 5.70. The predicted molar refractivity (Wildman–Crippen MR) is 76.8 cm³/mol. The van der Waals surface area contributed by atoms with E-state index in [0.29, 0.717) is 5.78 Å². The SMILES string of the molecule is O=C1CCCc2sc(CCCCc3ncc[nH]3)cc21. The molecule has 19 heavy (non-hydrogen) atoms. The number of imidazole rings is 1. The van der Waals surface area contributed by atoms with E-state index in [2.05, 4.69) is 16.0 Å². The number of carbonyl (C=O) groups excluding carboxylic acids is 1. The number of unbranched alkanes of at least 4 members (excludes halogenated alkanes) is 1. The number of ketones is 1. The number of fused-ring (bicyclic) bond motifs is 1. The molecule has 0 amide bonds. The zero-order valence-electron chi connectivity index (χ0n) is 10.9. The van der Waals surface area contributed by atoms with Crippen molar-refractivity contribution < 1.29 is 4.79 Å². The van der Waals surface area contributed by atoms with E-state index in [9.17, 15) is 4.79 Å². The summed E-state index contributed by atoms with van der Waals surface area (Å²) in [6.45, 7) is 0. The van der Waals surface area contributed by atoms with E-state index in [-0.39, 0.29) is 0 Å². The van der Waals surface area contributed by atoms with Crippen LogP contribution in [0.3, 0.4) is 0 Å². The zero-order chi connectivity index (χ0) is 13.1. The van der Waals surface area contributed by atoms with Gasteiger partial charge in [-0.25, -0.2) is 4.98 Å². The van der Waals surface area contributed by atoms with Gasteiger partial charge >= 0.3 is 0 Å². The summed E-state index contributed by atoms with van der Waals surface area (Å²) in [5.41, 5.74) is 1.01. The van der Waals surface area contributed by atoms with Crippen molar-refractivity contribution in [2.24, 2.45) is 0 Å². The highest BCUT2D eigenvalue weighted by Gasteiger charge is 2.19. The van der Waals surface area contributed by atoms with Crippen molar-refractivity contribution in [2.45, 2.75) is 44.9 Å². The first-order valence-corrected chi connectivity index (χ1v) is 7.77. The number of nitrogens with zero attached hydrogens (tertiary/aromatic N) is 1.